The first-order valence-electron chi connectivity index (χ1n) is 7.74. The molecule has 0 spiro atoms. The molecule has 2 aromatic carbocycles. The third kappa shape index (κ3) is 2.38. The zero-order valence-corrected chi connectivity index (χ0v) is 13.2. The van der Waals surface area contributed by atoms with Crippen LogP contribution in [0.4, 0.5) is 0 Å². The summed E-state index contributed by atoms with van der Waals surface area (Å²) in [5.41, 5.74) is 6.21. The van der Waals surface area contributed by atoms with Gasteiger partial charge in [0.25, 0.3) is 0 Å². The second-order valence-corrected chi connectivity index (χ2v) is 5.66. The molecule has 4 rings (SSSR count). The van der Waals surface area contributed by atoms with Crippen molar-refractivity contribution in [1.29, 1.82) is 0 Å². The van der Waals surface area contributed by atoms with Gasteiger partial charge in [-0.1, -0.05) is 54.6 Å². The Morgan fingerprint density at radius 3 is 2.33 bits per heavy atom. The molecule has 0 saturated heterocycles. The lowest BCUT2D eigenvalue weighted by Crippen LogP contribution is -1.96. The summed E-state index contributed by atoms with van der Waals surface area (Å²) in [6, 6.07) is 21.5. The fourth-order valence-corrected chi connectivity index (χ4v) is 2.80. The minimum atomic E-state index is 0.651. The lowest BCUT2D eigenvalue weighted by Gasteiger charge is -2.05. The number of aldehydes is 1. The van der Waals surface area contributed by atoms with Crippen LogP contribution in [-0.4, -0.2) is 20.9 Å². The maximum Gasteiger partial charge on any atom is 0.154 e. The highest BCUT2D eigenvalue weighted by molar-refractivity contribution is 5.83. The Labute approximate surface area is 139 Å². The van der Waals surface area contributed by atoms with Crippen molar-refractivity contribution >= 4 is 11.9 Å². The summed E-state index contributed by atoms with van der Waals surface area (Å²) >= 11 is 0. The number of carbonyl (C=O) groups excluding carboxylic acids is 1. The van der Waals surface area contributed by atoms with Gasteiger partial charge in [-0.05, 0) is 19.1 Å². The number of hydrogen-bond acceptors (Lipinski definition) is 3. The predicted molar refractivity (Wildman–Crippen MR) is 94.0 cm³/mol. The highest BCUT2D eigenvalue weighted by Crippen LogP contribution is 2.32. The summed E-state index contributed by atoms with van der Waals surface area (Å²) in [6.45, 7) is 1.97. The highest BCUT2D eigenvalue weighted by Gasteiger charge is 2.16. The fourth-order valence-electron chi connectivity index (χ4n) is 2.80. The van der Waals surface area contributed by atoms with Gasteiger partial charge in [-0.3, -0.25) is 4.79 Å². The zero-order chi connectivity index (χ0) is 16.5. The Hall–Kier alpha value is -3.27. The summed E-state index contributed by atoms with van der Waals surface area (Å²) in [7, 11) is 0. The molecule has 0 amide bonds. The second kappa shape index (κ2) is 5.74. The van der Waals surface area contributed by atoms with Gasteiger partial charge in [0.15, 0.2) is 5.65 Å². The van der Waals surface area contributed by atoms with E-state index in [0.29, 0.717) is 5.56 Å². The highest BCUT2D eigenvalue weighted by atomic mass is 16.1. The third-order valence-electron chi connectivity index (χ3n) is 3.98. The van der Waals surface area contributed by atoms with E-state index >= 15 is 0 Å². The topological polar surface area (TPSA) is 47.3 Å². The van der Waals surface area contributed by atoms with Gasteiger partial charge in [0, 0.05) is 16.7 Å². The quantitative estimate of drug-likeness (QED) is 0.533. The molecular formula is C20H15N3O. The van der Waals surface area contributed by atoms with Gasteiger partial charge in [0.2, 0.25) is 0 Å². The molecule has 2 heterocycles. The Morgan fingerprint density at radius 1 is 0.875 bits per heavy atom. The van der Waals surface area contributed by atoms with Gasteiger partial charge >= 0.3 is 0 Å². The Morgan fingerprint density at radius 2 is 1.62 bits per heavy atom. The van der Waals surface area contributed by atoms with Crippen LogP contribution in [0.3, 0.4) is 0 Å². The molecule has 24 heavy (non-hydrogen) atoms. The molecule has 0 aliphatic heterocycles. The molecule has 4 aromatic rings. The van der Waals surface area contributed by atoms with E-state index in [0.717, 1.165) is 40.1 Å². The maximum absolute atomic E-state index is 10.9. The van der Waals surface area contributed by atoms with Crippen LogP contribution in [0.1, 0.15) is 16.1 Å². The van der Waals surface area contributed by atoms with Crippen LogP contribution in [0.2, 0.25) is 0 Å². The number of benzene rings is 2. The molecule has 4 nitrogen and oxygen atoms in total. The summed E-state index contributed by atoms with van der Waals surface area (Å²) in [5, 5.41) is 4.63. The number of aromatic nitrogens is 3. The summed E-state index contributed by atoms with van der Waals surface area (Å²) in [4.78, 5) is 15.7. The number of nitrogens with zero attached hydrogens (tertiary/aromatic N) is 3. The minimum absolute atomic E-state index is 0.651. The van der Waals surface area contributed by atoms with E-state index < -0.39 is 0 Å². The smallest absolute Gasteiger partial charge is 0.154 e. The lowest BCUT2D eigenvalue weighted by molar-refractivity contribution is 0.112. The zero-order valence-electron chi connectivity index (χ0n) is 13.2. The monoisotopic (exact) mass is 313 g/mol. The summed E-state index contributed by atoms with van der Waals surface area (Å²) < 4.78 is 1.88. The van der Waals surface area contributed by atoms with Crippen molar-refractivity contribution in [1.82, 2.24) is 14.6 Å². The van der Waals surface area contributed by atoms with Crippen LogP contribution in [-0.2, 0) is 0 Å². The largest absolute Gasteiger partial charge is 0.298 e. The molecule has 0 atom stereocenters. The molecule has 0 fully saturated rings. The van der Waals surface area contributed by atoms with E-state index in [1.165, 1.54) is 0 Å². The fraction of sp³-hybridized carbons (Fsp3) is 0.0500. The molecule has 116 valence electrons. The Kier molecular flexibility index (Phi) is 3.43. The molecule has 0 unspecified atom stereocenters. The molecule has 2 aromatic heterocycles. The molecule has 0 N–H and O–H groups in total. The van der Waals surface area contributed by atoms with Crippen LogP contribution in [0.15, 0.2) is 66.7 Å². The summed E-state index contributed by atoms with van der Waals surface area (Å²) in [6.07, 6.45) is 0.844. The van der Waals surface area contributed by atoms with Crippen molar-refractivity contribution in [2.24, 2.45) is 0 Å². The van der Waals surface area contributed by atoms with Crippen molar-refractivity contribution < 1.29 is 4.79 Å². The maximum atomic E-state index is 10.9. The van der Waals surface area contributed by atoms with Gasteiger partial charge in [-0.25, -0.2) is 9.50 Å². The van der Waals surface area contributed by atoms with E-state index in [2.05, 4.69) is 17.2 Å². The van der Waals surface area contributed by atoms with Crippen LogP contribution >= 0.6 is 0 Å². The van der Waals surface area contributed by atoms with Gasteiger partial charge in [0.05, 0.1) is 11.4 Å². The molecule has 0 aliphatic carbocycles. The van der Waals surface area contributed by atoms with Crippen molar-refractivity contribution in [2.75, 3.05) is 0 Å². The number of aryl methyl sites for hydroxylation is 1. The first kappa shape index (κ1) is 14.3. The van der Waals surface area contributed by atoms with Gasteiger partial charge in [-0.15, -0.1) is 0 Å². The number of fused-ring (bicyclic) bond motifs is 1. The SMILES string of the molecule is Cc1ccc2nc(-c3ccc(C=O)cc3)c(-c3ccccc3)n2n1. The standard InChI is InChI=1S/C20H15N3O/c1-14-7-12-18-21-19(16-10-8-15(13-24)9-11-16)20(23(18)22-14)17-5-3-2-4-6-17/h2-13H,1H3. The molecule has 0 aliphatic rings. The van der Waals surface area contributed by atoms with Gasteiger partial charge < -0.3 is 0 Å². The molecule has 4 heteroatoms. The first-order valence-corrected chi connectivity index (χ1v) is 7.74. The van der Waals surface area contributed by atoms with Crippen molar-refractivity contribution in [2.45, 2.75) is 6.92 Å². The average Bonchev–Trinajstić information content (AvgIpc) is 3.01. The number of carbonyl (C=O) groups is 1. The molecule has 0 saturated carbocycles. The van der Waals surface area contributed by atoms with Crippen LogP contribution < -0.4 is 0 Å². The molecule has 0 radical (unpaired) electrons. The van der Waals surface area contributed by atoms with Crippen LogP contribution in [0.25, 0.3) is 28.2 Å². The van der Waals surface area contributed by atoms with Crippen molar-refractivity contribution in [3.05, 3.63) is 78.0 Å². The van der Waals surface area contributed by atoms with E-state index in [1.807, 2.05) is 53.9 Å². The number of rotatable bonds is 3. The third-order valence-corrected chi connectivity index (χ3v) is 3.98. The van der Waals surface area contributed by atoms with Gasteiger partial charge in [0.1, 0.15) is 12.0 Å². The van der Waals surface area contributed by atoms with Crippen LogP contribution in [0.5, 0.6) is 0 Å². The van der Waals surface area contributed by atoms with Crippen molar-refractivity contribution in [3.8, 4) is 22.5 Å². The minimum Gasteiger partial charge on any atom is -0.298 e. The molecular weight excluding hydrogens is 298 g/mol. The normalized spacial score (nSPS) is 10.9. The second-order valence-electron chi connectivity index (χ2n) is 5.66. The number of imidazole rings is 1. The Bertz CT molecular complexity index is 1020. The molecule has 0 bridgehead atoms. The van der Waals surface area contributed by atoms with Crippen LogP contribution in [0, 0.1) is 6.92 Å². The van der Waals surface area contributed by atoms with E-state index in [-0.39, 0.29) is 0 Å². The summed E-state index contributed by atoms with van der Waals surface area (Å²) in [5.74, 6) is 0. The van der Waals surface area contributed by atoms with E-state index in [4.69, 9.17) is 4.98 Å². The van der Waals surface area contributed by atoms with E-state index in [1.54, 1.807) is 12.1 Å². The first-order chi connectivity index (χ1) is 11.8. The van der Waals surface area contributed by atoms with Crippen molar-refractivity contribution in [3.63, 3.8) is 0 Å². The Balaban J connectivity index is 2.02. The lowest BCUT2D eigenvalue weighted by atomic mass is 10.0. The predicted octanol–water partition coefficient (Wildman–Crippen LogP) is 4.18. The van der Waals surface area contributed by atoms with Gasteiger partial charge in [-0.2, -0.15) is 5.10 Å². The van der Waals surface area contributed by atoms with E-state index in [9.17, 15) is 4.79 Å². The number of hydrogen-bond donors (Lipinski definition) is 0. The average molecular weight is 313 g/mol.